The molecule has 0 amide bonds. The zero-order valence-corrected chi connectivity index (χ0v) is 19.1. The van der Waals surface area contributed by atoms with E-state index in [4.69, 9.17) is 22.4 Å². The molecule has 0 aliphatic heterocycles. The van der Waals surface area contributed by atoms with Crippen molar-refractivity contribution in [1.29, 1.82) is 10.8 Å². The molecule has 4 rings (SSSR count). The van der Waals surface area contributed by atoms with Crippen molar-refractivity contribution in [3.8, 4) is 11.3 Å². The van der Waals surface area contributed by atoms with Gasteiger partial charge < -0.3 is 4.90 Å². The third-order valence-corrected chi connectivity index (χ3v) is 5.53. The Labute approximate surface area is 191 Å². The van der Waals surface area contributed by atoms with Crippen molar-refractivity contribution in [2.75, 3.05) is 11.9 Å². The van der Waals surface area contributed by atoms with Crippen LogP contribution in [-0.2, 0) is 5.41 Å². The number of rotatable bonds is 4. The van der Waals surface area contributed by atoms with Gasteiger partial charge in [0.1, 0.15) is 5.82 Å². The SMILES string of the molecule is CN(c1cccc(-c2cnc(C(C)(C)C)cn2)c1)c1nc(=N)n(C=N)c2cc(Cl)ccc12. The fraction of sp³-hybridized carbons (Fsp3) is 0.208. The van der Waals surface area contributed by atoms with Gasteiger partial charge in [-0.2, -0.15) is 4.98 Å². The number of aromatic nitrogens is 4. The predicted molar refractivity (Wildman–Crippen MR) is 129 cm³/mol. The van der Waals surface area contributed by atoms with Crippen molar-refractivity contribution < 1.29 is 0 Å². The molecule has 0 atom stereocenters. The summed E-state index contributed by atoms with van der Waals surface area (Å²) in [7, 11) is 1.90. The van der Waals surface area contributed by atoms with Crippen molar-refractivity contribution in [2.45, 2.75) is 26.2 Å². The minimum absolute atomic E-state index is 0.0450. The molecule has 0 saturated carbocycles. The van der Waals surface area contributed by atoms with Crippen molar-refractivity contribution >= 4 is 40.3 Å². The Morgan fingerprint density at radius 1 is 1.06 bits per heavy atom. The lowest BCUT2D eigenvalue weighted by Gasteiger charge is -2.22. The third kappa shape index (κ3) is 3.99. The first kappa shape index (κ1) is 21.6. The zero-order chi connectivity index (χ0) is 23.0. The Morgan fingerprint density at radius 2 is 1.84 bits per heavy atom. The van der Waals surface area contributed by atoms with Gasteiger partial charge >= 0.3 is 0 Å². The molecule has 0 saturated heterocycles. The number of hydrogen-bond acceptors (Lipinski definition) is 6. The number of nitrogens with one attached hydrogen (secondary N) is 2. The summed E-state index contributed by atoms with van der Waals surface area (Å²) >= 11 is 6.18. The lowest BCUT2D eigenvalue weighted by molar-refractivity contribution is 0.566. The summed E-state index contributed by atoms with van der Waals surface area (Å²) in [5.41, 5.74) is 4.10. The minimum atomic E-state index is -0.0577. The van der Waals surface area contributed by atoms with Crippen molar-refractivity contribution in [3.63, 3.8) is 0 Å². The summed E-state index contributed by atoms with van der Waals surface area (Å²) in [6, 6.07) is 13.3. The van der Waals surface area contributed by atoms with Crippen LogP contribution in [-0.4, -0.2) is 32.9 Å². The number of anilines is 2. The Kier molecular flexibility index (Phi) is 5.52. The van der Waals surface area contributed by atoms with Crippen LogP contribution in [0.5, 0.6) is 0 Å². The molecule has 2 aromatic carbocycles. The van der Waals surface area contributed by atoms with Gasteiger partial charge in [0.2, 0.25) is 5.62 Å². The van der Waals surface area contributed by atoms with E-state index in [0.717, 1.165) is 34.4 Å². The molecular weight excluding hydrogens is 422 g/mol. The first-order valence-electron chi connectivity index (χ1n) is 10.1. The molecule has 7 nitrogen and oxygen atoms in total. The molecule has 2 aromatic heterocycles. The molecule has 8 heteroatoms. The minimum Gasteiger partial charge on any atom is -0.329 e. The Hall–Kier alpha value is -3.58. The number of benzene rings is 2. The van der Waals surface area contributed by atoms with E-state index in [-0.39, 0.29) is 11.0 Å². The molecule has 0 radical (unpaired) electrons. The molecule has 2 heterocycles. The quantitative estimate of drug-likeness (QED) is 0.335. The van der Waals surface area contributed by atoms with E-state index in [1.807, 2.05) is 48.5 Å². The molecule has 0 fully saturated rings. The van der Waals surface area contributed by atoms with Crippen LogP contribution in [0.25, 0.3) is 22.2 Å². The van der Waals surface area contributed by atoms with E-state index in [1.54, 1.807) is 18.3 Å². The third-order valence-electron chi connectivity index (χ3n) is 5.30. The number of fused-ring (bicyclic) bond motifs is 1. The van der Waals surface area contributed by atoms with E-state index in [1.165, 1.54) is 4.57 Å². The largest absolute Gasteiger partial charge is 0.329 e. The highest BCUT2D eigenvalue weighted by molar-refractivity contribution is 6.31. The van der Waals surface area contributed by atoms with E-state index in [2.05, 4.69) is 35.7 Å². The molecule has 0 spiro atoms. The second kappa shape index (κ2) is 8.16. The topological polar surface area (TPSA) is 94.5 Å². The first-order chi connectivity index (χ1) is 15.2. The predicted octanol–water partition coefficient (Wildman–Crippen LogP) is 5.15. The molecule has 0 aliphatic rings. The summed E-state index contributed by atoms with van der Waals surface area (Å²) in [5, 5.41) is 17.3. The molecule has 2 N–H and O–H groups in total. The maximum atomic E-state index is 8.28. The van der Waals surface area contributed by atoms with Crippen LogP contribution < -0.4 is 10.5 Å². The van der Waals surface area contributed by atoms with Gasteiger partial charge in [-0.3, -0.25) is 25.4 Å². The van der Waals surface area contributed by atoms with E-state index in [9.17, 15) is 0 Å². The Balaban J connectivity index is 1.78. The van der Waals surface area contributed by atoms with E-state index >= 15 is 0 Å². The van der Waals surface area contributed by atoms with Gasteiger partial charge in [0.05, 0.1) is 29.4 Å². The number of nitrogens with zero attached hydrogens (tertiary/aromatic N) is 5. The standard InChI is InChI=1S/C24H24ClN7/c1-24(2,3)21-13-28-19(12-29-21)15-6-5-7-17(10-15)31(4)22-18-9-8-16(25)11-20(18)32(14-26)23(27)30-22/h5-14,26-27H,1-4H3. The van der Waals surface area contributed by atoms with Crippen LogP contribution in [0, 0.1) is 10.8 Å². The lowest BCUT2D eigenvalue weighted by atomic mass is 9.93. The fourth-order valence-corrected chi connectivity index (χ4v) is 3.63. The lowest BCUT2D eigenvalue weighted by Crippen LogP contribution is -2.26. The van der Waals surface area contributed by atoms with Gasteiger partial charge in [0, 0.05) is 40.3 Å². The maximum Gasteiger partial charge on any atom is 0.229 e. The van der Waals surface area contributed by atoms with Gasteiger partial charge in [-0.15, -0.1) is 0 Å². The van der Waals surface area contributed by atoms with Crippen molar-refractivity contribution in [3.05, 3.63) is 71.2 Å². The monoisotopic (exact) mass is 445 g/mol. The second-order valence-electron chi connectivity index (χ2n) is 8.57. The van der Waals surface area contributed by atoms with E-state index in [0.29, 0.717) is 16.4 Å². The van der Waals surface area contributed by atoms with Crippen molar-refractivity contribution in [1.82, 2.24) is 19.5 Å². The molecule has 32 heavy (non-hydrogen) atoms. The summed E-state index contributed by atoms with van der Waals surface area (Å²) in [5.74, 6) is 0.603. The fourth-order valence-electron chi connectivity index (χ4n) is 3.47. The first-order valence-corrected chi connectivity index (χ1v) is 10.5. The van der Waals surface area contributed by atoms with Crippen LogP contribution in [0.1, 0.15) is 26.5 Å². The highest BCUT2D eigenvalue weighted by atomic mass is 35.5. The summed E-state index contributed by atoms with van der Waals surface area (Å²) in [6.45, 7) is 6.33. The average Bonchev–Trinajstić information content (AvgIpc) is 2.77. The summed E-state index contributed by atoms with van der Waals surface area (Å²) < 4.78 is 1.39. The van der Waals surface area contributed by atoms with Crippen LogP contribution in [0.3, 0.4) is 0 Å². The van der Waals surface area contributed by atoms with Gasteiger partial charge in [-0.05, 0) is 30.3 Å². The molecule has 0 aliphatic carbocycles. The number of halogens is 1. The molecule has 4 aromatic rings. The maximum absolute atomic E-state index is 8.28. The van der Waals surface area contributed by atoms with Gasteiger partial charge in [-0.25, -0.2) is 0 Å². The highest BCUT2D eigenvalue weighted by Gasteiger charge is 2.17. The second-order valence-corrected chi connectivity index (χ2v) is 9.00. The van der Waals surface area contributed by atoms with Crippen LogP contribution in [0.15, 0.2) is 54.9 Å². The van der Waals surface area contributed by atoms with Gasteiger partial charge in [0.25, 0.3) is 0 Å². The smallest absolute Gasteiger partial charge is 0.229 e. The van der Waals surface area contributed by atoms with Gasteiger partial charge in [0.15, 0.2) is 0 Å². The average molecular weight is 446 g/mol. The van der Waals surface area contributed by atoms with Crippen LogP contribution in [0.2, 0.25) is 5.02 Å². The zero-order valence-electron chi connectivity index (χ0n) is 18.4. The molecule has 162 valence electrons. The highest BCUT2D eigenvalue weighted by Crippen LogP contribution is 2.31. The molecule has 0 bridgehead atoms. The molecule has 0 unspecified atom stereocenters. The van der Waals surface area contributed by atoms with Crippen LogP contribution in [0.4, 0.5) is 11.5 Å². The molecular formula is C24H24ClN7. The number of hydrogen-bond donors (Lipinski definition) is 2. The summed E-state index contributed by atoms with van der Waals surface area (Å²) in [6.07, 6.45) is 4.69. The Morgan fingerprint density at radius 3 is 2.50 bits per heavy atom. The Bertz CT molecular complexity index is 1370. The van der Waals surface area contributed by atoms with Crippen molar-refractivity contribution in [2.24, 2.45) is 0 Å². The summed E-state index contributed by atoms with van der Waals surface area (Å²) in [4.78, 5) is 15.6. The van der Waals surface area contributed by atoms with E-state index < -0.39 is 0 Å². The van der Waals surface area contributed by atoms with Gasteiger partial charge in [-0.1, -0.05) is 44.5 Å². The van der Waals surface area contributed by atoms with Crippen LogP contribution >= 0.6 is 11.6 Å². The normalized spacial score (nSPS) is 11.5.